The van der Waals surface area contributed by atoms with Gasteiger partial charge in [-0.15, -0.1) is 0 Å². The maximum absolute atomic E-state index is 13.3. The Kier molecular flexibility index (Phi) is 7.40. The van der Waals surface area contributed by atoms with Crippen LogP contribution in [0, 0.1) is 5.82 Å². The normalized spacial score (nSPS) is 10.3. The molecule has 3 aromatic carbocycles. The zero-order valence-electron chi connectivity index (χ0n) is 16.1. The summed E-state index contributed by atoms with van der Waals surface area (Å²) in [5.41, 5.74) is 1.72. The monoisotopic (exact) mass is 425 g/mol. The second-order valence-corrected chi connectivity index (χ2v) is 6.98. The van der Waals surface area contributed by atoms with Crippen molar-refractivity contribution in [1.29, 1.82) is 0 Å². The minimum Gasteiger partial charge on any atom is -0.352 e. The van der Waals surface area contributed by atoms with Gasteiger partial charge in [-0.1, -0.05) is 29.8 Å². The van der Waals surface area contributed by atoms with Crippen LogP contribution in [-0.4, -0.2) is 25.0 Å². The lowest BCUT2D eigenvalue weighted by Gasteiger charge is -2.23. The molecule has 0 radical (unpaired) electrons. The number of rotatable bonds is 7. The Morgan fingerprint density at radius 2 is 1.57 bits per heavy atom. The molecule has 0 atom stereocenters. The van der Waals surface area contributed by atoms with E-state index in [0.29, 0.717) is 41.5 Å². The summed E-state index contributed by atoms with van der Waals surface area (Å²) in [4.78, 5) is 26.5. The third-order valence-electron chi connectivity index (χ3n) is 4.36. The number of nitrogens with one attached hydrogen (secondary N) is 2. The molecule has 0 aromatic heterocycles. The van der Waals surface area contributed by atoms with Crippen LogP contribution in [0.15, 0.2) is 78.9 Å². The van der Waals surface area contributed by atoms with Gasteiger partial charge in [0.15, 0.2) is 0 Å². The number of nitrogens with zero attached hydrogens (tertiary/aromatic N) is 1. The van der Waals surface area contributed by atoms with E-state index in [1.807, 2.05) is 6.07 Å². The van der Waals surface area contributed by atoms with E-state index in [2.05, 4.69) is 10.6 Å². The van der Waals surface area contributed by atoms with Gasteiger partial charge in [0.2, 0.25) is 0 Å². The lowest BCUT2D eigenvalue weighted by atomic mass is 10.2. The van der Waals surface area contributed by atoms with E-state index in [-0.39, 0.29) is 17.8 Å². The molecule has 0 aliphatic carbocycles. The van der Waals surface area contributed by atoms with E-state index < -0.39 is 0 Å². The van der Waals surface area contributed by atoms with E-state index in [1.54, 1.807) is 60.7 Å². The maximum atomic E-state index is 13.3. The standard InChI is InChI=1S/C23H21ClFN3O2/c24-18-7-11-20(12-8-18)27-23(30)28(21-13-9-19(25)10-14-21)16-4-15-26-22(29)17-5-2-1-3-6-17/h1-3,5-14H,4,15-16H2,(H,26,29)(H,27,30). The van der Waals surface area contributed by atoms with Gasteiger partial charge in [-0.25, -0.2) is 9.18 Å². The van der Waals surface area contributed by atoms with Crippen LogP contribution in [0.4, 0.5) is 20.6 Å². The van der Waals surface area contributed by atoms with Gasteiger partial charge in [0.05, 0.1) is 0 Å². The van der Waals surface area contributed by atoms with E-state index in [9.17, 15) is 14.0 Å². The Balaban J connectivity index is 1.62. The Labute approximate surface area is 179 Å². The maximum Gasteiger partial charge on any atom is 0.326 e. The molecule has 30 heavy (non-hydrogen) atoms. The number of urea groups is 1. The smallest absolute Gasteiger partial charge is 0.326 e. The predicted octanol–water partition coefficient (Wildman–Crippen LogP) is 5.34. The first-order valence-electron chi connectivity index (χ1n) is 9.46. The number of benzene rings is 3. The molecule has 0 fully saturated rings. The first-order valence-corrected chi connectivity index (χ1v) is 9.83. The Morgan fingerprint density at radius 1 is 0.900 bits per heavy atom. The molecule has 3 aromatic rings. The highest BCUT2D eigenvalue weighted by Gasteiger charge is 2.16. The van der Waals surface area contributed by atoms with E-state index in [1.165, 1.54) is 17.0 Å². The Morgan fingerprint density at radius 3 is 2.23 bits per heavy atom. The summed E-state index contributed by atoms with van der Waals surface area (Å²) >= 11 is 5.88. The first kappa shape index (κ1) is 21.3. The zero-order chi connectivity index (χ0) is 21.3. The van der Waals surface area contributed by atoms with Crippen LogP contribution in [0.1, 0.15) is 16.8 Å². The molecule has 2 N–H and O–H groups in total. The third-order valence-corrected chi connectivity index (χ3v) is 4.61. The third kappa shape index (κ3) is 6.06. The fourth-order valence-electron chi connectivity index (χ4n) is 2.82. The SMILES string of the molecule is O=C(NCCCN(C(=O)Nc1ccc(Cl)cc1)c1ccc(F)cc1)c1ccccc1. The van der Waals surface area contributed by atoms with Gasteiger partial charge < -0.3 is 10.6 Å². The van der Waals surface area contributed by atoms with Crippen molar-refractivity contribution >= 4 is 34.9 Å². The minimum atomic E-state index is -0.382. The molecule has 0 bridgehead atoms. The summed E-state index contributed by atoms with van der Waals surface area (Å²) < 4.78 is 13.3. The van der Waals surface area contributed by atoms with Crippen molar-refractivity contribution in [2.24, 2.45) is 0 Å². The molecule has 0 aliphatic rings. The molecule has 0 spiro atoms. The van der Waals surface area contributed by atoms with Crippen molar-refractivity contribution in [3.8, 4) is 0 Å². The summed E-state index contributed by atoms with van der Waals surface area (Å²) in [5, 5.41) is 6.21. The number of amides is 3. The molecule has 3 amide bonds. The number of carbonyl (C=O) groups excluding carboxylic acids is 2. The quantitative estimate of drug-likeness (QED) is 0.502. The van der Waals surface area contributed by atoms with Gasteiger partial charge in [-0.05, 0) is 67.1 Å². The second kappa shape index (κ2) is 10.4. The van der Waals surface area contributed by atoms with Crippen LogP contribution >= 0.6 is 11.6 Å². The molecule has 0 unspecified atom stereocenters. The number of anilines is 2. The molecular weight excluding hydrogens is 405 g/mol. The highest BCUT2D eigenvalue weighted by Crippen LogP contribution is 2.19. The molecule has 3 rings (SSSR count). The number of hydrogen-bond donors (Lipinski definition) is 2. The van der Waals surface area contributed by atoms with E-state index in [0.717, 1.165) is 0 Å². The zero-order valence-corrected chi connectivity index (χ0v) is 16.9. The number of carbonyl (C=O) groups is 2. The van der Waals surface area contributed by atoms with Crippen molar-refractivity contribution in [2.75, 3.05) is 23.3 Å². The molecule has 5 nitrogen and oxygen atoms in total. The largest absolute Gasteiger partial charge is 0.352 e. The van der Waals surface area contributed by atoms with Gasteiger partial charge in [-0.2, -0.15) is 0 Å². The lowest BCUT2D eigenvalue weighted by molar-refractivity contribution is 0.0953. The topological polar surface area (TPSA) is 61.4 Å². The molecular formula is C23H21ClFN3O2. The summed E-state index contributed by atoms with van der Waals surface area (Å²) in [7, 11) is 0. The second-order valence-electron chi connectivity index (χ2n) is 6.54. The summed E-state index contributed by atoms with van der Waals surface area (Å²) in [5.74, 6) is -0.554. The molecule has 7 heteroatoms. The van der Waals surface area contributed by atoms with Crippen LogP contribution < -0.4 is 15.5 Å². The van der Waals surface area contributed by atoms with Crippen molar-refractivity contribution in [2.45, 2.75) is 6.42 Å². The summed E-state index contributed by atoms with van der Waals surface area (Å²) in [6, 6.07) is 21.0. The average Bonchev–Trinajstić information content (AvgIpc) is 2.76. The van der Waals surface area contributed by atoms with Gasteiger partial charge in [-0.3, -0.25) is 9.69 Å². The highest BCUT2D eigenvalue weighted by atomic mass is 35.5. The van der Waals surface area contributed by atoms with Crippen LogP contribution in [-0.2, 0) is 0 Å². The minimum absolute atomic E-state index is 0.172. The van der Waals surface area contributed by atoms with Gasteiger partial charge in [0, 0.05) is 35.1 Å². The molecule has 0 saturated heterocycles. The first-order chi connectivity index (χ1) is 14.5. The Hall–Kier alpha value is -3.38. The predicted molar refractivity (Wildman–Crippen MR) is 118 cm³/mol. The molecule has 0 saturated carbocycles. The molecule has 0 heterocycles. The van der Waals surface area contributed by atoms with Crippen molar-refractivity contribution in [3.05, 3.63) is 95.3 Å². The molecule has 0 aliphatic heterocycles. The summed E-state index contributed by atoms with van der Waals surface area (Å²) in [6.07, 6.45) is 0.518. The van der Waals surface area contributed by atoms with Crippen LogP contribution in [0.3, 0.4) is 0 Å². The van der Waals surface area contributed by atoms with Crippen molar-refractivity contribution < 1.29 is 14.0 Å². The number of halogens is 2. The van der Waals surface area contributed by atoms with Crippen LogP contribution in [0.25, 0.3) is 0 Å². The average molecular weight is 426 g/mol. The molecule has 154 valence electrons. The lowest BCUT2D eigenvalue weighted by Crippen LogP contribution is -2.37. The fraction of sp³-hybridized carbons (Fsp3) is 0.130. The van der Waals surface area contributed by atoms with Crippen LogP contribution in [0.5, 0.6) is 0 Å². The highest BCUT2D eigenvalue weighted by molar-refractivity contribution is 6.30. The van der Waals surface area contributed by atoms with Gasteiger partial charge >= 0.3 is 6.03 Å². The van der Waals surface area contributed by atoms with Gasteiger partial charge in [0.1, 0.15) is 5.82 Å². The van der Waals surface area contributed by atoms with Crippen molar-refractivity contribution in [3.63, 3.8) is 0 Å². The Bertz CT molecular complexity index is 980. The number of hydrogen-bond acceptors (Lipinski definition) is 2. The van der Waals surface area contributed by atoms with Gasteiger partial charge in [0.25, 0.3) is 5.91 Å². The van der Waals surface area contributed by atoms with Crippen LogP contribution in [0.2, 0.25) is 5.02 Å². The van der Waals surface area contributed by atoms with E-state index in [4.69, 9.17) is 11.6 Å². The summed E-state index contributed by atoms with van der Waals surface area (Å²) in [6.45, 7) is 0.722. The fourth-order valence-corrected chi connectivity index (χ4v) is 2.95. The van der Waals surface area contributed by atoms with E-state index >= 15 is 0 Å². The van der Waals surface area contributed by atoms with Crippen molar-refractivity contribution in [1.82, 2.24) is 5.32 Å².